The van der Waals surface area contributed by atoms with Crippen molar-refractivity contribution in [1.82, 2.24) is 9.78 Å². The number of ether oxygens (including phenoxy) is 1. The van der Waals surface area contributed by atoms with Crippen molar-refractivity contribution in [3.05, 3.63) is 17.5 Å². The van der Waals surface area contributed by atoms with Crippen molar-refractivity contribution in [2.45, 2.75) is 27.0 Å². The Morgan fingerprint density at radius 1 is 1.69 bits per heavy atom. The minimum absolute atomic E-state index is 0.357. The van der Waals surface area contributed by atoms with Crippen LogP contribution < -0.4 is 0 Å². The molecule has 0 aliphatic carbocycles. The van der Waals surface area contributed by atoms with Crippen molar-refractivity contribution in [1.29, 1.82) is 0 Å². The number of rotatable bonds is 5. The molecule has 1 heterocycles. The van der Waals surface area contributed by atoms with E-state index in [1.54, 1.807) is 10.7 Å². The topological polar surface area (TPSA) is 44.1 Å². The van der Waals surface area contributed by atoms with Crippen molar-refractivity contribution >= 4 is 6.29 Å². The van der Waals surface area contributed by atoms with Gasteiger partial charge in [0.2, 0.25) is 0 Å². The predicted octanol–water partition coefficient (Wildman–Crippen LogP) is 1.39. The Balaban J connectivity index is 2.58. The van der Waals surface area contributed by atoms with E-state index in [0.717, 1.165) is 18.4 Å². The van der Waals surface area contributed by atoms with E-state index in [-0.39, 0.29) is 0 Å². The smallest absolute Gasteiger partial charge is 0.168 e. The van der Waals surface area contributed by atoms with Gasteiger partial charge in [-0.05, 0) is 19.4 Å². The first kappa shape index (κ1) is 9.92. The van der Waals surface area contributed by atoms with Crippen LogP contribution in [0.2, 0.25) is 0 Å². The fourth-order valence-electron chi connectivity index (χ4n) is 1.06. The maximum absolute atomic E-state index is 10.6. The maximum atomic E-state index is 10.6. The van der Waals surface area contributed by atoms with E-state index in [9.17, 15) is 4.79 Å². The van der Waals surface area contributed by atoms with Crippen LogP contribution in [0, 0.1) is 6.92 Å². The van der Waals surface area contributed by atoms with Gasteiger partial charge in [-0.25, -0.2) is 4.68 Å². The summed E-state index contributed by atoms with van der Waals surface area (Å²) >= 11 is 0. The lowest BCUT2D eigenvalue weighted by Gasteiger charge is -2.03. The summed E-state index contributed by atoms with van der Waals surface area (Å²) in [4.78, 5) is 10.6. The minimum Gasteiger partial charge on any atom is -0.359 e. The molecule has 0 N–H and O–H groups in total. The van der Waals surface area contributed by atoms with E-state index < -0.39 is 0 Å². The van der Waals surface area contributed by atoms with E-state index in [0.29, 0.717) is 19.0 Å². The van der Waals surface area contributed by atoms with Crippen LogP contribution in [0.4, 0.5) is 0 Å². The summed E-state index contributed by atoms with van der Waals surface area (Å²) in [7, 11) is 0. The Labute approximate surface area is 77.5 Å². The molecule has 0 atom stereocenters. The Morgan fingerprint density at radius 2 is 2.46 bits per heavy atom. The number of hydrogen-bond donors (Lipinski definition) is 0. The molecule has 1 rings (SSSR count). The molecule has 0 aromatic carbocycles. The summed E-state index contributed by atoms with van der Waals surface area (Å²) in [6, 6.07) is 1.74. The van der Waals surface area contributed by atoms with Gasteiger partial charge in [0, 0.05) is 6.61 Å². The molecule has 4 heteroatoms. The molecule has 0 unspecified atom stereocenters. The molecular weight excluding hydrogens is 168 g/mol. The zero-order valence-electron chi connectivity index (χ0n) is 7.99. The van der Waals surface area contributed by atoms with Gasteiger partial charge >= 0.3 is 0 Å². The molecule has 1 aromatic rings. The molecule has 0 amide bonds. The van der Waals surface area contributed by atoms with Crippen LogP contribution >= 0.6 is 0 Å². The first-order valence-corrected chi connectivity index (χ1v) is 4.35. The molecule has 13 heavy (non-hydrogen) atoms. The van der Waals surface area contributed by atoms with Crippen LogP contribution in [-0.2, 0) is 11.5 Å². The van der Waals surface area contributed by atoms with E-state index in [4.69, 9.17) is 4.74 Å². The average molecular weight is 182 g/mol. The van der Waals surface area contributed by atoms with Crippen LogP contribution in [0.25, 0.3) is 0 Å². The normalized spacial score (nSPS) is 10.3. The molecule has 0 saturated heterocycles. The molecule has 0 aliphatic heterocycles. The zero-order chi connectivity index (χ0) is 9.68. The van der Waals surface area contributed by atoms with Crippen LogP contribution in [0.3, 0.4) is 0 Å². The van der Waals surface area contributed by atoms with Gasteiger partial charge in [-0.15, -0.1) is 0 Å². The Bertz CT molecular complexity index is 281. The first-order valence-electron chi connectivity index (χ1n) is 4.35. The third kappa shape index (κ3) is 2.66. The second kappa shape index (κ2) is 4.77. The summed E-state index contributed by atoms with van der Waals surface area (Å²) in [5.74, 6) is 0. The van der Waals surface area contributed by atoms with Gasteiger partial charge in [0.05, 0.1) is 5.69 Å². The highest BCUT2D eigenvalue weighted by molar-refractivity contribution is 5.72. The molecule has 0 radical (unpaired) electrons. The maximum Gasteiger partial charge on any atom is 0.168 e. The molecule has 0 spiro atoms. The number of aryl methyl sites for hydroxylation is 1. The van der Waals surface area contributed by atoms with E-state index in [2.05, 4.69) is 5.10 Å². The summed E-state index contributed by atoms with van der Waals surface area (Å²) in [5, 5.41) is 4.11. The van der Waals surface area contributed by atoms with Gasteiger partial charge in [0.1, 0.15) is 12.4 Å². The third-order valence-electron chi connectivity index (χ3n) is 1.62. The number of carbonyl (C=O) groups excluding carboxylic acids is 1. The minimum atomic E-state index is 0.357. The van der Waals surface area contributed by atoms with Crippen molar-refractivity contribution in [3.8, 4) is 0 Å². The van der Waals surface area contributed by atoms with E-state index in [1.807, 2.05) is 13.8 Å². The molecular formula is C9H14N2O2. The summed E-state index contributed by atoms with van der Waals surface area (Å²) in [5.41, 5.74) is 1.40. The number of aldehydes is 1. The van der Waals surface area contributed by atoms with Crippen LogP contribution in [-0.4, -0.2) is 22.7 Å². The Kier molecular flexibility index (Phi) is 3.64. The standard InChI is InChI=1S/C9H14N2O2/c1-3-4-13-7-11-9(6-12)5-8(2)10-11/h5-6H,3-4,7H2,1-2H3. The number of aromatic nitrogens is 2. The molecule has 0 fully saturated rings. The predicted molar refractivity (Wildman–Crippen MR) is 48.6 cm³/mol. The molecule has 0 saturated carbocycles. The number of carbonyl (C=O) groups is 1. The number of nitrogens with zero attached hydrogens (tertiary/aromatic N) is 2. The van der Waals surface area contributed by atoms with Gasteiger partial charge < -0.3 is 4.74 Å². The van der Waals surface area contributed by atoms with Gasteiger partial charge in [0.25, 0.3) is 0 Å². The Hall–Kier alpha value is -1.16. The van der Waals surface area contributed by atoms with Crippen LogP contribution in [0.15, 0.2) is 6.07 Å². The van der Waals surface area contributed by atoms with Gasteiger partial charge in [-0.1, -0.05) is 6.92 Å². The lowest BCUT2D eigenvalue weighted by Crippen LogP contribution is -2.08. The highest BCUT2D eigenvalue weighted by atomic mass is 16.5. The largest absolute Gasteiger partial charge is 0.359 e. The first-order chi connectivity index (χ1) is 6.27. The fourth-order valence-corrected chi connectivity index (χ4v) is 1.06. The monoisotopic (exact) mass is 182 g/mol. The molecule has 1 aromatic heterocycles. The van der Waals surface area contributed by atoms with Crippen LogP contribution in [0.5, 0.6) is 0 Å². The Morgan fingerprint density at radius 3 is 3.08 bits per heavy atom. The number of hydrogen-bond acceptors (Lipinski definition) is 3. The van der Waals surface area contributed by atoms with E-state index in [1.165, 1.54) is 0 Å². The SMILES string of the molecule is CCCOCn1nc(C)cc1C=O. The third-order valence-corrected chi connectivity index (χ3v) is 1.62. The lowest BCUT2D eigenvalue weighted by molar-refractivity contribution is 0.0667. The van der Waals surface area contributed by atoms with Gasteiger partial charge in [-0.3, -0.25) is 4.79 Å². The van der Waals surface area contributed by atoms with Gasteiger partial charge in [0.15, 0.2) is 6.29 Å². The lowest BCUT2D eigenvalue weighted by atomic mass is 10.4. The van der Waals surface area contributed by atoms with Crippen LogP contribution in [0.1, 0.15) is 29.5 Å². The van der Waals surface area contributed by atoms with Gasteiger partial charge in [-0.2, -0.15) is 5.10 Å². The molecule has 0 bridgehead atoms. The van der Waals surface area contributed by atoms with Crippen molar-refractivity contribution in [2.75, 3.05) is 6.61 Å². The summed E-state index contributed by atoms with van der Waals surface area (Å²) in [6.45, 7) is 4.94. The van der Waals surface area contributed by atoms with E-state index >= 15 is 0 Å². The quantitative estimate of drug-likeness (QED) is 0.510. The van der Waals surface area contributed by atoms with Crippen molar-refractivity contribution in [2.24, 2.45) is 0 Å². The second-order valence-corrected chi connectivity index (χ2v) is 2.87. The van der Waals surface area contributed by atoms with Crippen molar-refractivity contribution in [3.63, 3.8) is 0 Å². The molecule has 0 aliphatic rings. The highest BCUT2D eigenvalue weighted by Gasteiger charge is 2.02. The molecule has 72 valence electrons. The van der Waals surface area contributed by atoms with Crippen molar-refractivity contribution < 1.29 is 9.53 Å². The summed E-state index contributed by atoms with van der Waals surface area (Å²) in [6.07, 6.45) is 1.76. The highest BCUT2D eigenvalue weighted by Crippen LogP contribution is 2.00. The second-order valence-electron chi connectivity index (χ2n) is 2.87. The average Bonchev–Trinajstić information content (AvgIpc) is 2.47. The summed E-state index contributed by atoms with van der Waals surface area (Å²) < 4.78 is 6.83. The fraction of sp³-hybridized carbons (Fsp3) is 0.556. The molecule has 4 nitrogen and oxygen atoms in total. The zero-order valence-corrected chi connectivity index (χ0v) is 7.99.